The first-order valence-corrected chi connectivity index (χ1v) is 4.92. The van der Waals surface area contributed by atoms with Gasteiger partial charge in [-0.3, -0.25) is 4.79 Å². The topological polar surface area (TPSA) is 26.3 Å². The Balaban J connectivity index is 2.41. The predicted molar refractivity (Wildman–Crippen MR) is 54.7 cm³/mol. The van der Waals surface area contributed by atoms with Crippen molar-refractivity contribution in [3.8, 4) is 5.75 Å². The van der Waals surface area contributed by atoms with Crippen molar-refractivity contribution in [2.24, 2.45) is 0 Å². The molecule has 2 nitrogen and oxygen atoms in total. The summed E-state index contributed by atoms with van der Waals surface area (Å²) in [6.45, 7) is 4.50. The summed E-state index contributed by atoms with van der Waals surface area (Å²) in [6, 6.07) is 5.95. The highest BCUT2D eigenvalue weighted by Crippen LogP contribution is 2.36. The molecule has 0 spiro atoms. The maximum absolute atomic E-state index is 11.1. The lowest BCUT2D eigenvalue weighted by Crippen LogP contribution is -2.02. The van der Waals surface area contributed by atoms with Crippen molar-refractivity contribution in [2.75, 3.05) is 6.61 Å². The minimum atomic E-state index is 0.206. The van der Waals surface area contributed by atoms with Gasteiger partial charge in [-0.05, 0) is 18.6 Å². The van der Waals surface area contributed by atoms with Crippen molar-refractivity contribution >= 4 is 5.78 Å². The van der Waals surface area contributed by atoms with E-state index < -0.39 is 0 Å². The maximum atomic E-state index is 11.1. The number of hydrogen-bond acceptors (Lipinski definition) is 2. The van der Waals surface area contributed by atoms with Crippen LogP contribution in [0.2, 0.25) is 0 Å². The largest absolute Gasteiger partial charge is 0.493 e. The number of hydrogen-bond donors (Lipinski definition) is 0. The molecule has 0 aromatic heterocycles. The molecule has 0 bridgehead atoms. The number of Topliss-reactive ketones (excluding diaryl/α,β-unsaturated/α-hetero) is 1. The lowest BCUT2D eigenvalue weighted by Gasteiger charge is -2.07. The van der Waals surface area contributed by atoms with Crippen LogP contribution in [0, 0.1) is 0 Å². The lowest BCUT2D eigenvalue weighted by atomic mass is 9.94. The third-order valence-electron chi connectivity index (χ3n) is 2.58. The van der Waals surface area contributed by atoms with E-state index >= 15 is 0 Å². The highest BCUT2D eigenvalue weighted by atomic mass is 16.5. The van der Waals surface area contributed by atoms with Gasteiger partial charge in [0.25, 0.3) is 0 Å². The smallest absolute Gasteiger partial charge is 0.134 e. The molecule has 2 rings (SSSR count). The third-order valence-corrected chi connectivity index (χ3v) is 2.58. The van der Waals surface area contributed by atoms with Crippen LogP contribution in [0.3, 0.4) is 0 Å². The molecular formula is C12H14O2. The first-order chi connectivity index (χ1) is 6.68. The van der Waals surface area contributed by atoms with E-state index in [1.54, 1.807) is 6.92 Å². The molecule has 1 aliphatic rings. The molecule has 0 radical (unpaired) electrons. The molecule has 0 amide bonds. The van der Waals surface area contributed by atoms with Crippen molar-refractivity contribution in [3.05, 3.63) is 29.3 Å². The number of fused-ring (bicyclic) bond motifs is 1. The van der Waals surface area contributed by atoms with Gasteiger partial charge >= 0.3 is 0 Å². The summed E-state index contributed by atoms with van der Waals surface area (Å²) in [6.07, 6.45) is 0.525. The van der Waals surface area contributed by atoms with Gasteiger partial charge in [0.2, 0.25) is 0 Å². The summed E-state index contributed by atoms with van der Waals surface area (Å²) in [5.41, 5.74) is 2.35. The second-order valence-corrected chi connectivity index (χ2v) is 3.92. The van der Waals surface area contributed by atoms with E-state index in [0.717, 1.165) is 17.9 Å². The third kappa shape index (κ3) is 1.52. The fraction of sp³-hybridized carbons (Fsp3) is 0.417. The van der Waals surface area contributed by atoms with Gasteiger partial charge in [0.1, 0.15) is 11.5 Å². The van der Waals surface area contributed by atoms with E-state index in [1.807, 2.05) is 18.2 Å². The predicted octanol–water partition coefficient (Wildman–Crippen LogP) is 2.31. The molecule has 74 valence electrons. The summed E-state index contributed by atoms with van der Waals surface area (Å²) >= 11 is 0. The fourth-order valence-electron chi connectivity index (χ4n) is 2.00. The first-order valence-electron chi connectivity index (χ1n) is 4.92. The Morgan fingerprint density at radius 1 is 1.57 bits per heavy atom. The van der Waals surface area contributed by atoms with Gasteiger partial charge in [0, 0.05) is 17.9 Å². The van der Waals surface area contributed by atoms with Gasteiger partial charge in [-0.2, -0.15) is 0 Å². The Morgan fingerprint density at radius 3 is 3.07 bits per heavy atom. The van der Waals surface area contributed by atoms with Crippen LogP contribution in [0.15, 0.2) is 18.2 Å². The number of benzene rings is 1. The standard InChI is InChI=1S/C12H14O2/c1-8-7-14-11-5-3-4-10(12(8)11)6-9(2)13/h3-5,8H,6-7H2,1-2H3. The number of carbonyl (C=O) groups is 1. The highest BCUT2D eigenvalue weighted by molar-refractivity contribution is 5.79. The van der Waals surface area contributed by atoms with Crippen molar-refractivity contribution < 1.29 is 9.53 Å². The fourth-order valence-corrected chi connectivity index (χ4v) is 2.00. The van der Waals surface area contributed by atoms with Gasteiger partial charge in [-0.1, -0.05) is 19.1 Å². The molecule has 0 aliphatic carbocycles. The summed E-state index contributed by atoms with van der Waals surface area (Å²) in [4.78, 5) is 11.1. The summed E-state index contributed by atoms with van der Waals surface area (Å²) in [7, 11) is 0. The maximum Gasteiger partial charge on any atom is 0.134 e. The Bertz CT molecular complexity index is 369. The minimum Gasteiger partial charge on any atom is -0.493 e. The van der Waals surface area contributed by atoms with Gasteiger partial charge in [0.15, 0.2) is 0 Å². The quantitative estimate of drug-likeness (QED) is 0.715. The van der Waals surface area contributed by atoms with E-state index in [9.17, 15) is 4.79 Å². The molecule has 2 heteroatoms. The molecule has 1 aliphatic heterocycles. The number of ether oxygens (including phenoxy) is 1. The van der Waals surface area contributed by atoms with Crippen LogP contribution in [-0.4, -0.2) is 12.4 Å². The van der Waals surface area contributed by atoms with E-state index in [-0.39, 0.29) is 5.78 Å². The number of carbonyl (C=O) groups excluding carboxylic acids is 1. The highest BCUT2D eigenvalue weighted by Gasteiger charge is 2.23. The average Bonchev–Trinajstić information content (AvgIpc) is 2.48. The normalized spacial score (nSPS) is 18.9. The van der Waals surface area contributed by atoms with Crippen LogP contribution in [0.5, 0.6) is 5.75 Å². The van der Waals surface area contributed by atoms with Crippen LogP contribution in [0.4, 0.5) is 0 Å². The Kier molecular flexibility index (Phi) is 2.28. The lowest BCUT2D eigenvalue weighted by molar-refractivity contribution is -0.116. The molecule has 0 fully saturated rings. The van der Waals surface area contributed by atoms with Crippen LogP contribution in [-0.2, 0) is 11.2 Å². The van der Waals surface area contributed by atoms with Crippen molar-refractivity contribution in [1.82, 2.24) is 0 Å². The van der Waals surface area contributed by atoms with Crippen molar-refractivity contribution in [3.63, 3.8) is 0 Å². The van der Waals surface area contributed by atoms with Crippen molar-refractivity contribution in [2.45, 2.75) is 26.2 Å². The zero-order valence-corrected chi connectivity index (χ0v) is 8.54. The van der Waals surface area contributed by atoms with E-state index in [0.29, 0.717) is 12.3 Å². The number of ketones is 1. The molecule has 0 saturated heterocycles. The Hall–Kier alpha value is -1.31. The SMILES string of the molecule is CC(=O)Cc1cccc2c1C(C)CO2. The van der Waals surface area contributed by atoms with Crippen LogP contribution in [0.25, 0.3) is 0 Å². The summed E-state index contributed by atoms with van der Waals surface area (Å²) in [5, 5.41) is 0. The molecule has 1 aromatic carbocycles. The second kappa shape index (κ2) is 3.45. The van der Waals surface area contributed by atoms with Gasteiger partial charge < -0.3 is 4.74 Å². The number of rotatable bonds is 2. The molecule has 0 N–H and O–H groups in total. The molecule has 14 heavy (non-hydrogen) atoms. The van der Waals surface area contributed by atoms with E-state index in [4.69, 9.17) is 4.74 Å². The Morgan fingerprint density at radius 2 is 2.36 bits per heavy atom. The second-order valence-electron chi connectivity index (χ2n) is 3.92. The molecule has 0 saturated carbocycles. The van der Waals surface area contributed by atoms with Crippen LogP contribution < -0.4 is 4.74 Å². The minimum absolute atomic E-state index is 0.206. The Labute approximate surface area is 83.9 Å². The molecular weight excluding hydrogens is 176 g/mol. The molecule has 1 aromatic rings. The van der Waals surface area contributed by atoms with Gasteiger partial charge in [0.05, 0.1) is 6.61 Å². The summed E-state index contributed by atoms with van der Waals surface area (Å²) in [5.74, 6) is 1.58. The van der Waals surface area contributed by atoms with Crippen molar-refractivity contribution in [1.29, 1.82) is 0 Å². The molecule has 1 heterocycles. The van der Waals surface area contributed by atoms with E-state index in [2.05, 4.69) is 6.92 Å². The molecule has 1 unspecified atom stereocenters. The monoisotopic (exact) mass is 190 g/mol. The summed E-state index contributed by atoms with van der Waals surface area (Å²) < 4.78 is 5.52. The zero-order chi connectivity index (χ0) is 10.1. The van der Waals surface area contributed by atoms with Crippen LogP contribution in [0.1, 0.15) is 30.9 Å². The van der Waals surface area contributed by atoms with E-state index in [1.165, 1.54) is 5.56 Å². The zero-order valence-electron chi connectivity index (χ0n) is 8.54. The van der Waals surface area contributed by atoms with Gasteiger partial charge in [-0.25, -0.2) is 0 Å². The molecule has 1 atom stereocenters. The van der Waals surface area contributed by atoms with Crippen LogP contribution >= 0.6 is 0 Å². The average molecular weight is 190 g/mol. The van der Waals surface area contributed by atoms with Gasteiger partial charge in [-0.15, -0.1) is 0 Å². The first kappa shape index (κ1) is 9.25.